The molecule has 0 unspecified atom stereocenters. The van der Waals surface area contributed by atoms with Gasteiger partial charge in [-0.05, 0) is 12.1 Å². The number of furan rings is 1. The Morgan fingerprint density at radius 3 is 2.69 bits per heavy atom. The van der Waals surface area contributed by atoms with E-state index in [2.05, 4.69) is 10.2 Å². The molecule has 0 aliphatic heterocycles. The monoisotopic (exact) mass is 179 g/mol. The van der Waals surface area contributed by atoms with Crippen LogP contribution in [0.25, 0.3) is 11.7 Å². The minimum atomic E-state index is 0.0458. The van der Waals surface area contributed by atoms with Crippen LogP contribution in [0.5, 0.6) is 0 Å². The van der Waals surface area contributed by atoms with E-state index in [-0.39, 0.29) is 6.01 Å². The van der Waals surface area contributed by atoms with Crippen molar-refractivity contribution < 1.29 is 8.83 Å². The van der Waals surface area contributed by atoms with Gasteiger partial charge in [-0.15, -0.1) is 5.10 Å². The molecule has 2 heterocycles. The van der Waals surface area contributed by atoms with Crippen LogP contribution in [-0.2, 0) is 6.42 Å². The Kier molecular flexibility index (Phi) is 1.77. The van der Waals surface area contributed by atoms with Crippen LogP contribution in [0.15, 0.2) is 21.0 Å². The second-order valence-electron chi connectivity index (χ2n) is 2.56. The molecule has 0 amide bonds. The Hall–Kier alpha value is -1.78. The first kappa shape index (κ1) is 7.85. The maximum Gasteiger partial charge on any atom is 0.313 e. The highest BCUT2D eigenvalue weighted by atomic mass is 16.4. The lowest BCUT2D eigenvalue weighted by Crippen LogP contribution is -1.81. The predicted octanol–water partition coefficient (Wildman–Crippen LogP) is 1.47. The van der Waals surface area contributed by atoms with Gasteiger partial charge in [0.25, 0.3) is 5.89 Å². The topological polar surface area (TPSA) is 78.1 Å². The molecule has 13 heavy (non-hydrogen) atoms. The van der Waals surface area contributed by atoms with E-state index in [1.165, 1.54) is 0 Å². The third kappa shape index (κ3) is 1.40. The highest BCUT2D eigenvalue weighted by Crippen LogP contribution is 2.21. The molecule has 0 fully saturated rings. The summed E-state index contributed by atoms with van der Waals surface area (Å²) in [5.74, 6) is 1.75. The van der Waals surface area contributed by atoms with E-state index < -0.39 is 0 Å². The van der Waals surface area contributed by atoms with Gasteiger partial charge >= 0.3 is 6.01 Å². The molecule has 5 nitrogen and oxygen atoms in total. The number of rotatable bonds is 2. The van der Waals surface area contributed by atoms with E-state index in [0.29, 0.717) is 11.7 Å². The molecule has 2 N–H and O–H groups in total. The maximum atomic E-state index is 5.38. The van der Waals surface area contributed by atoms with E-state index in [1.807, 2.05) is 13.0 Å². The number of aromatic nitrogens is 2. The average molecular weight is 179 g/mol. The largest absolute Gasteiger partial charge is 0.456 e. The van der Waals surface area contributed by atoms with Crippen molar-refractivity contribution in [3.8, 4) is 11.7 Å². The van der Waals surface area contributed by atoms with Crippen molar-refractivity contribution in [3.63, 3.8) is 0 Å². The number of nitrogens with zero attached hydrogens (tertiary/aromatic N) is 2. The molecule has 0 radical (unpaired) electrons. The number of aryl methyl sites for hydroxylation is 1. The van der Waals surface area contributed by atoms with E-state index >= 15 is 0 Å². The number of hydrogen-bond acceptors (Lipinski definition) is 5. The third-order valence-corrected chi connectivity index (χ3v) is 1.66. The normalized spacial score (nSPS) is 10.5. The summed E-state index contributed by atoms with van der Waals surface area (Å²) in [5.41, 5.74) is 5.27. The van der Waals surface area contributed by atoms with Gasteiger partial charge in [-0.25, -0.2) is 0 Å². The molecule has 5 heteroatoms. The van der Waals surface area contributed by atoms with Crippen LogP contribution in [0.4, 0.5) is 6.01 Å². The number of anilines is 1. The minimum Gasteiger partial charge on any atom is -0.456 e. The van der Waals surface area contributed by atoms with Crippen molar-refractivity contribution in [3.05, 3.63) is 17.9 Å². The average Bonchev–Trinajstić information content (AvgIpc) is 2.71. The Bertz CT molecular complexity index is 405. The van der Waals surface area contributed by atoms with Gasteiger partial charge in [-0.1, -0.05) is 12.0 Å². The van der Waals surface area contributed by atoms with Crippen LogP contribution in [0.1, 0.15) is 12.7 Å². The fraction of sp³-hybridized carbons (Fsp3) is 0.250. The van der Waals surface area contributed by atoms with Crippen molar-refractivity contribution in [2.75, 3.05) is 5.73 Å². The summed E-state index contributed by atoms with van der Waals surface area (Å²) < 4.78 is 10.4. The van der Waals surface area contributed by atoms with Crippen molar-refractivity contribution in [2.24, 2.45) is 0 Å². The fourth-order valence-electron chi connectivity index (χ4n) is 1.02. The van der Waals surface area contributed by atoms with Crippen molar-refractivity contribution >= 4 is 6.01 Å². The Balaban J connectivity index is 2.35. The van der Waals surface area contributed by atoms with Gasteiger partial charge < -0.3 is 14.6 Å². The molecule has 0 bridgehead atoms. The molecule has 0 saturated carbocycles. The van der Waals surface area contributed by atoms with Gasteiger partial charge in [-0.2, -0.15) is 0 Å². The van der Waals surface area contributed by atoms with Crippen molar-refractivity contribution in [1.82, 2.24) is 10.2 Å². The molecular formula is C8H9N3O2. The minimum absolute atomic E-state index is 0.0458. The van der Waals surface area contributed by atoms with Gasteiger partial charge in [0.05, 0.1) is 0 Å². The standard InChI is InChI=1S/C8H9N3O2/c1-2-5-3-4-6(12-5)7-10-11-8(9)13-7/h3-4H,2H2,1H3,(H2,9,11). The van der Waals surface area contributed by atoms with E-state index in [1.54, 1.807) is 6.07 Å². The van der Waals surface area contributed by atoms with Crippen LogP contribution in [-0.4, -0.2) is 10.2 Å². The van der Waals surface area contributed by atoms with Crippen LogP contribution >= 0.6 is 0 Å². The van der Waals surface area contributed by atoms with E-state index in [9.17, 15) is 0 Å². The van der Waals surface area contributed by atoms with Crippen molar-refractivity contribution in [2.45, 2.75) is 13.3 Å². The molecule has 2 aromatic rings. The first-order valence-corrected chi connectivity index (χ1v) is 3.97. The zero-order chi connectivity index (χ0) is 9.26. The molecule has 2 rings (SSSR count). The quantitative estimate of drug-likeness (QED) is 0.755. The van der Waals surface area contributed by atoms with Crippen LogP contribution in [0, 0.1) is 0 Å². The summed E-state index contributed by atoms with van der Waals surface area (Å²) in [4.78, 5) is 0. The number of nitrogen functional groups attached to an aromatic ring is 1. The summed E-state index contributed by atoms with van der Waals surface area (Å²) in [6.07, 6.45) is 0.837. The lowest BCUT2D eigenvalue weighted by Gasteiger charge is -1.87. The first-order chi connectivity index (χ1) is 6.29. The number of nitrogens with two attached hydrogens (primary N) is 1. The molecule has 0 spiro atoms. The fourth-order valence-corrected chi connectivity index (χ4v) is 1.02. The lowest BCUT2D eigenvalue weighted by molar-refractivity contribution is 0.496. The second kappa shape index (κ2) is 2.93. The van der Waals surface area contributed by atoms with Crippen molar-refractivity contribution in [1.29, 1.82) is 0 Å². The van der Waals surface area contributed by atoms with Gasteiger partial charge in [0.2, 0.25) is 0 Å². The molecule has 0 aliphatic carbocycles. The Labute approximate surface area is 74.6 Å². The Morgan fingerprint density at radius 1 is 1.31 bits per heavy atom. The zero-order valence-electron chi connectivity index (χ0n) is 7.15. The maximum absolute atomic E-state index is 5.38. The molecule has 0 aromatic carbocycles. The van der Waals surface area contributed by atoms with Crippen LogP contribution < -0.4 is 5.73 Å². The zero-order valence-corrected chi connectivity index (χ0v) is 7.15. The van der Waals surface area contributed by atoms with Gasteiger partial charge in [0, 0.05) is 6.42 Å². The summed E-state index contributed by atoms with van der Waals surface area (Å²) in [5, 5.41) is 7.23. The summed E-state index contributed by atoms with van der Waals surface area (Å²) >= 11 is 0. The lowest BCUT2D eigenvalue weighted by atomic mass is 10.3. The van der Waals surface area contributed by atoms with Gasteiger partial charge in [0.15, 0.2) is 5.76 Å². The first-order valence-electron chi connectivity index (χ1n) is 3.97. The summed E-state index contributed by atoms with van der Waals surface area (Å²) in [7, 11) is 0. The van der Waals surface area contributed by atoms with Gasteiger partial charge in [-0.3, -0.25) is 0 Å². The highest BCUT2D eigenvalue weighted by molar-refractivity contribution is 5.44. The van der Waals surface area contributed by atoms with Crippen LogP contribution in [0.3, 0.4) is 0 Å². The summed E-state index contributed by atoms with van der Waals surface area (Å²) in [6.45, 7) is 2.00. The summed E-state index contributed by atoms with van der Waals surface area (Å²) in [6, 6.07) is 3.70. The SMILES string of the molecule is CCc1ccc(-c2nnc(N)o2)o1. The second-order valence-corrected chi connectivity index (χ2v) is 2.56. The molecule has 0 saturated heterocycles. The third-order valence-electron chi connectivity index (χ3n) is 1.66. The smallest absolute Gasteiger partial charge is 0.313 e. The molecular weight excluding hydrogens is 170 g/mol. The number of hydrogen-bond donors (Lipinski definition) is 1. The molecule has 0 atom stereocenters. The highest BCUT2D eigenvalue weighted by Gasteiger charge is 2.10. The predicted molar refractivity (Wildman–Crippen MR) is 45.8 cm³/mol. The molecule has 2 aromatic heterocycles. The molecule has 0 aliphatic rings. The van der Waals surface area contributed by atoms with Crippen LogP contribution in [0.2, 0.25) is 0 Å². The Morgan fingerprint density at radius 2 is 2.15 bits per heavy atom. The molecule has 68 valence electrons. The van der Waals surface area contributed by atoms with Gasteiger partial charge in [0.1, 0.15) is 5.76 Å². The van der Waals surface area contributed by atoms with E-state index in [0.717, 1.165) is 12.2 Å². The van der Waals surface area contributed by atoms with E-state index in [4.69, 9.17) is 14.6 Å².